The van der Waals surface area contributed by atoms with Crippen LogP contribution in [-0.2, 0) is 22.5 Å². The highest BCUT2D eigenvalue weighted by atomic mass is 32.1. The molecule has 7 heteroatoms. The summed E-state index contributed by atoms with van der Waals surface area (Å²) in [5, 5.41) is 2.75. The third-order valence-corrected chi connectivity index (χ3v) is 6.20. The maximum absolute atomic E-state index is 13.3. The van der Waals surface area contributed by atoms with E-state index in [9.17, 15) is 4.79 Å². The molecule has 0 spiro atoms. The van der Waals surface area contributed by atoms with Crippen LogP contribution in [0.4, 0.5) is 0 Å². The van der Waals surface area contributed by atoms with Gasteiger partial charge in [-0.3, -0.25) is 9.69 Å². The molecule has 158 valence electrons. The number of carbonyl (C=O) groups is 1. The summed E-state index contributed by atoms with van der Waals surface area (Å²) in [7, 11) is 0. The number of carbonyl (C=O) groups excluding carboxylic acids is 1. The Balaban J connectivity index is 1.46. The van der Waals surface area contributed by atoms with Gasteiger partial charge in [-0.2, -0.15) is 0 Å². The highest BCUT2D eigenvalue weighted by molar-refractivity contribution is 7.13. The molecule has 1 saturated heterocycles. The fourth-order valence-corrected chi connectivity index (χ4v) is 4.47. The first kappa shape index (κ1) is 20.8. The first-order chi connectivity index (χ1) is 14.7. The number of thiazole rings is 1. The summed E-state index contributed by atoms with van der Waals surface area (Å²) in [5.41, 5.74) is 1.92. The van der Waals surface area contributed by atoms with Crippen molar-refractivity contribution in [3.63, 3.8) is 0 Å². The maximum atomic E-state index is 13.3. The number of ether oxygens (including phenoxy) is 1. The smallest absolute Gasteiger partial charge is 0.229 e. The lowest BCUT2D eigenvalue weighted by atomic mass is 10.1. The van der Waals surface area contributed by atoms with Gasteiger partial charge < -0.3 is 14.1 Å². The average molecular weight is 426 g/mol. The molecule has 4 rings (SSSR count). The molecule has 1 aliphatic heterocycles. The third kappa shape index (κ3) is 5.36. The first-order valence-corrected chi connectivity index (χ1v) is 11.2. The monoisotopic (exact) mass is 425 g/mol. The first-order valence-electron chi connectivity index (χ1n) is 10.3. The van der Waals surface area contributed by atoms with Gasteiger partial charge in [0.05, 0.1) is 31.6 Å². The van der Waals surface area contributed by atoms with Crippen LogP contribution >= 0.6 is 11.3 Å². The van der Waals surface area contributed by atoms with Crippen molar-refractivity contribution in [3.8, 4) is 10.8 Å². The van der Waals surface area contributed by atoms with E-state index in [1.807, 2.05) is 40.6 Å². The number of morpholine rings is 1. The van der Waals surface area contributed by atoms with E-state index in [1.54, 1.807) is 6.26 Å². The minimum atomic E-state index is 0.0934. The molecule has 0 bridgehead atoms. The quantitative estimate of drug-likeness (QED) is 0.551. The molecule has 1 atom stereocenters. The summed E-state index contributed by atoms with van der Waals surface area (Å²) in [6.07, 6.45) is 1.92. The summed E-state index contributed by atoms with van der Waals surface area (Å²) in [5.74, 6) is 0.830. The fraction of sp³-hybridized carbons (Fsp3) is 0.391. The predicted molar refractivity (Wildman–Crippen MR) is 117 cm³/mol. The molecule has 0 N–H and O–H groups in total. The predicted octanol–water partition coefficient (Wildman–Crippen LogP) is 3.70. The molecule has 1 unspecified atom stereocenters. The lowest BCUT2D eigenvalue weighted by Gasteiger charge is -2.35. The molecule has 3 aromatic rings. The van der Waals surface area contributed by atoms with Crippen molar-refractivity contribution < 1.29 is 13.9 Å². The number of benzene rings is 1. The van der Waals surface area contributed by atoms with Crippen LogP contribution in [0.2, 0.25) is 0 Å². The second-order valence-electron chi connectivity index (χ2n) is 7.57. The molecule has 0 saturated carbocycles. The maximum Gasteiger partial charge on any atom is 0.229 e. The summed E-state index contributed by atoms with van der Waals surface area (Å²) >= 11 is 1.50. The van der Waals surface area contributed by atoms with Crippen molar-refractivity contribution in [1.29, 1.82) is 0 Å². The molecule has 1 aliphatic rings. The van der Waals surface area contributed by atoms with Crippen LogP contribution in [-0.4, -0.2) is 59.6 Å². The number of nitrogens with zero attached hydrogens (tertiary/aromatic N) is 3. The van der Waals surface area contributed by atoms with Gasteiger partial charge >= 0.3 is 0 Å². The lowest BCUT2D eigenvalue weighted by molar-refractivity contribution is -0.133. The molecular formula is C23H27N3O3S. The number of hydrogen-bond donors (Lipinski definition) is 0. The molecule has 1 aromatic carbocycles. The Kier molecular flexibility index (Phi) is 6.94. The van der Waals surface area contributed by atoms with E-state index in [0.717, 1.165) is 54.9 Å². The third-order valence-electron chi connectivity index (χ3n) is 5.29. The van der Waals surface area contributed by atoms with Crippen molar-refractivity contribution in [2.45, 2.75) is 25.9 Å². The van der Waals surface area contributed by atoms with Crippen LogP contribution in [0.25, 0.3) is 10.8 Å². The Labute approximate surface area is 181 Å². The standard InChI is InChI=1S/C23H27N3O3S/c1-18(15-25-9-12-28-13-10-25)26(16-19-6-3-2-4-7-19)22(27)14-20-17-30-23(24-20)21-8-5-11-29-21/h2-8,11,17-18H,9-10,12-16H2,1H3. The number of amides is 1. The highest BCUT2D eigenvalue weighted by Crippen LogP contribution is 2.24. The lowest BCUT2D eigenvalue weighted by Crippen LogP contribution is -2.48. The van der Waals surface area contributed by atoms with Crippen molar-refractivity contribution in [1.82, 2.24) is 14.8 Å². The summed E-state index contributed by atoms with van der Waals surface area (Å²) < 4.78 is 10.9. The number of furan rings is 1. The van der Waals surface area contributed by atoms with Crippen LogP contribution in [0.1, 0.15) is 18.2 Å². The molecule has 0 aliphatic carbocycles. The van der Waals surface area contributed by atoms with Gasteiger partial charge in [-0.05, 0) is 24.6 Å². The van der Waals surface area contributed by atoms with E-state index in [4.69, 9.17) is 9.15 Å². The molecule has 0 radical (unpaired) electrons. The Hall–Kier alpha value is -2.48. The summed E-state index contributed by atoms with van der Waals surface area (Å²) in [6, 6.07) is 14.0. The second kappa shape index (κ2) is 10.0. The van der Waals surface area contributed by atoms with Gasteiger partial charge in [-0.1, -0.05) is 30.3 Å². The van der Waals surface area contributed by atoms with Crippen LogP contribution < -0.4 is 0 Å². The number of hydrogen-bond acceptors (Lipinski definition) is 6. The normalized spacial score (nSPS) is 15.8. The van der Waals surface area contributed by atoms with Gasteiger partial charge in [0.2, 0.25) is 5.91 Å². The van der Waals surface area contributed by atoms with E-state index in [-0.39, 0.29) is 18.4 Å². The molecule has 30 heavy (non-hydrogen) atoms. The molecule has 2 aromatic heterocycles. The van der Waals surface area contributed by atoms with E-state index in [1.165, 1.54) is 11.3 Å². The number of rotatable bonds is 8. The minimum absolute atomic E-state index is 0.0934. The SMILES string of the molecule is CC(CN1CCOCC1)N(Cc1ccccc1)C(=O)Cc1csc(-c2ccco2)n1. The van der Waals surface area contributed by atoms with E-state index in [2.05, 4.69) is 28.9 Å². The van der Waals surface area contributed by atoms with Crippen LogP contribution in [0.15, 0.2) is 58.5 Å². The Morgan fingerprint density at radius 3 is 2.73 bits per heavy atom. The summed E-state index contributed by atoms with van der Waals surface area (Å²) in [6.45, 7) is 6.91. The summed E-state index contributed by atoms with van der Waals surface area (Å²) in [4.78, 5) is 22.3. The van der Waals surface area contributed by atoms with E-state index >= 15 is 0 Å². The fourth-order valence-electron chi connectivity index (χ4n) is 3.68. The molecular weight excluding hydrogens is 398 g/mol. The Bertz CT molecular complexity index is 920. The van der Waals surface area contributed by atoms with Crippen molar-refractivity contribution >= 4 is 17.2 Å². The van der Waals surface area contributed by atoms with Crippen molar-refractivity contribution in [3.05, 3.63) is 65.4 Å². The van der Waals surface area contributed by atoms with Gasteiger partial charge in [0.15, 0.2) is 10.8 Å². The average Bonchev–Trinajstić information content (AvgIpc) is 3.45. The second-order valence-corrected chi connectivity index (χ2v) is 8.43. The van der Waals surface area contributed by atoms with Crippen molar-refractivity contribution in [2.75, 3.05) is 32.8 Å². The molecule has 1 amide bonds. The zero-order valence-corrected chi connectivity index (χ0v) is 18.0. The van der Waals surface area contributed by atoms with E-state index in [0.29, 0.717) is 6.54 Å². The topological polar surface area (TPSA) is 58.8 Å². The van der Waals surface area contributed by atoms with Crippen LogP contribution in [0, 0.1) is 0 Å². The van der Waals surface area contributed by atoms with Gasteiger partial charge in [0, 0.05) is 37.6 Å². The van der Waals surface area contributed by atoms with Gasteiger partial charge in [0.1, 0.15) is 0 Å². The van der Waals surface area contributed by atoms with Gasteiger partial charge in [-0.15, -0.1) is 11.3 Å². The zero-order valence-electron chi connectivity index (χ0n) is 17.2. The van der Waals surface area contributed by atoms with Crippen LogP contribution in [0.3, 0.4) is 0 Å². The molecule has 6 nitrogen and oxygen atoms in total. The molecule has 3 heterocycles. The van der Waals surface area contributed by atoms with Crippen LogP contribution in [0.5, 0.6) is 0 Å². The van der Waals surface area contributed by atoms with Gasteiger partial charge in [0.25, 0.3) is 0 Å². The number of aromatic nitrogens is 1. The zero-order chi connectivity index (χ0) is 20.8. The Morgan fingerprint density at radius 1 is 1.20 bits per heavy atom. The van der Waals surface area contributed by atoms with E-state index < -0.39 is 0 Å². The molecule has 1 fully saturated rings. The highest BCUT2D eigenvalue weighted by Gasteiger charge is 2.24. The minimum Gasteiger partial charge on any atom is -0.462 e. The van der Waals surface area contributed by atoms with Crippen molar-refractivity contribution in [2.24, 2.45) is 0 Å². The van der Waals surface area contributed by atoms with Gasteiger partial charge in [-0.25, -0.2) is 4.98 Å². The Morgan fingerprint density at radius 2 is 2.00 bits per heavy atom. The largest absolute Gasteiger partial charge is 0.462 e.